The fraction of sp³-hybridized carbons (Fsp3) is 0.407. The number of fused-ring (bicyclic) bond motifs is 1. The number of amides is 3. The van der Waals surface area contributed by atoms with Gasteiger partial charge in [0.1, 0.15) is 18.2 Å². The maximum absolute atomic E-state index is 13.5. The van der Waals surface area contributed by atoms with Crippen molar-refractivity contribution >= 4 is 34.2 Å². The standard InChI is InChI=1S/C27H35N7O4/c1-27(2,3)22-17-23(33(4)32-22)29-25(35)24(30-31-26(28)36)20-9-10-21(19-8-6-5-7-18(19)20)38-16-13-34-11-14-37-15-12-34/h5-10,17H,11-16H2,1-4H3,(H,29,35)(H3,28,31,36)/b30-24-. The van der Waals surface area contributed by atoms with E-state index >= 15 is 0 Å². The predicted octanol–water partition coefficient (Wildman–Crippen LogP) is 2.59. The molecule has 11 nitrogen and oxygen atoms in total. The lowest BCUT2D eigenvalue weighted by Crippen LogP contribution is -2.38. The number of hydrazone groups is 1. The molecule has 0 aliphatic carbocycles. The van der Waals surface area contributed by atoms with Gasteiger partial charge in [-0.15, -0.1) is 0 Å². The Morgan fingerprint density at radius 1 is 1.13 bits per heavy atom. The number of nitrogens with zero attached hydrogens (tertiary/aromatic N) is 4. The van der Waals surface area contributed by atoms with Crippen LogP contribution in [0.1, 0.15) is 32.0 Å². The molecular formula is C27H35N7O4. The van der Waals surface area contributed by atoms with Crippen molar-refractivity contribution in [2.24, 2.45) is 17.9 Å². The summed E-state index contributed by atoms with van der Waals surface area (Å²) in [6.07, 6.45) is 0. The van der Waals surface area contributed by atoms with Crippen LogP contribution in [0, 0.1) is 0 Å². The second kappa shape index (κ2) is 11.6. The van der Waals surface area contributed by atoms with Crippen molar-refractivity contribution in [1.82, 2.24) is 20.1 Å². The quantitative estimate of drug-likeness (QED) is 0.308. The first-order chi connectivity index (χ1) is 18.1. The SMILES string of the molecule is Cn1nc(C(C)(C)C)cc1NC(=O)/C(=N\NC(N)=O)c1ccc(OCCN2CCOCC2)c2ccccc12. The van der Waals surface area contributed by atoms with E-state index in [0.29, 0.717) is 23.7 Å². The van der Waals surface area contributed by atoms with Crippen LogP contribution in [0.5, 0.6) is 5.75 Å². The molecule has 1 aromatic heterocycles. The van der Waals surface area contributed by atoms with Crippen molar-refractivity contribution in [2.45, 2.75) is 26.2 Å². The summed E-state index contributed by atoms with van der Waals surface area (Å²) in [5.74, 6) is 0.675. The number of nitrogens with two attached hydrogens (primary N) is 1. The largest absolute Gasteiger partial charge is 0.492 e. The first-order valence-electron chi connectivity index (χ1n) is 12.6. The normalized spacial score (nSPS) is 14.9. The Bertz CT molecular complexity index is 1340. The molecule has 11 heteroatoms. The van der Waals surface area contributed by atoms with Gasteiger partial charge in [-0.1, -0.05) is 45.0 Å². The van der Waals surface area contributed by atoms with Gasteiger partial charge in [-0.3, -0.25) is 14.4 Å². The lowest BCUT2D eigenvalue weighted by molar-refractivity contribution is -0.110. The molecule has 0 spiro atoms. The Morgan fingerprint density at radius 3 is 2.50 bits per heavy atom. The number of carbonyl (C=O) groups is 2. The molecule has 0 atom stereocenters. The molecule has 3 amide bonds. The number of rotatable bonds is 8. The third kappa shape index (κ3) is 6.48. The summed E-state index contributed by atoms with van der Waals surface area (Å²) < 4.78 is 13.1. The third-order valence-corrected chi connectivity index (χ3v) is 6.29. The van der Waals surface area contributed by atoms with Gasteiger partial charge >= 0.3 is 6.03 Å². The molecule has 4 rings (SSSR count). The summed E-state index contributed by atoms with van der Waals surface area (Å²) in [7, 11) is 1.75. The lowest BCUT2D eigenvalue weighted by atomic mass is 9.92. The Kier molecular flexibility index (Phi) is 8.28. The number of benzene rings is 2. The molecule has 1 saturated heterocycles. The molecule has 2 heterocycles. The Labute approximate surface area is 221 Å². The monoisotopic (exact) mass is 521 g/mol. The maximum Gasteiger partial charge on any atom is 0.332 e. The lowest BCUT2D eigenvalue weighted by Gasteiger charge is -2.26. The number of primary amides is 1. The third-order valence-electron chi connectivity index (χ3n) is 6.29. The minimum atomic E-state index is -0.877. The van der Waals surface area contributed by atoms with E-state index in [0.717, 1.165) is 49.3 Å². The smallest absolute Gasteiger partial charge is 0.332 e. The number of hydrogen-bond donors (Lipinski definition) is 3. The summed E-state index contributed by atoms with van der Waals surface area (Å²) in [5, 5.41) is 13.0. The van der Waals surface area contributed by atoms with E-state index in [1.54, 1.807) is 17.8 Å². The first kappa shape index (κ1) is 27.1. The Morgan fingerprint density at radius 2 is 1.84 bits per heavy atom. The topological polar surface area (TPSA) is 136 Å². The molecule has 0 bridgehead atoms. The molecule has 202 valence electrons. The molecular weight excluding hydrogens is 486 g/mol. The number of aryl methyl sites for hydroxylation is 1. The van der Waals surface area contributed by atoms with Gasteiger partial charge in [-0.25, -0.2) is 10.2 Å². The summed E-state index contributed by atoms with van der Waals surface area (Å²) >= 11 is 0. The zero-order chi connectivity index (χ0) is 27.3. The highest BCUT2D eigenvalue weighted by Gasteiger charge is 2.23. The molecule has 3 aromatic rings. The van der Waals surface area contributed by atoms with Gasteiger partial charge < -0.3 is 20.5 Å². The average Bonchev–Trinajstić information content (AvgIpc) is 3.26. The van der Waals surface area contributed by atoms with Crippen LogP contribution in [0.2, 0.25) is 0 Å². The number of urea groups is 1. The van der Waals surface area contributed by atoms with Gasteiger partial charge in [0.15, 0.2) is 5.71 Å². The van der Waals surface area contributed by atoms with Crippen molar-refractivity contribution < 1.29 is 19.1 Å². The average molecular weight is 522 g/mol. The van der Waals surface area contributed by atoms with Crippen molar-refractivity contribution in [3.05, 3.63) is 53.7 Å². The Balaban J connectivity index is 1.62. The number of carbonyl (C=O) groups excluding carboxylic acids is 2. The van der Waals surface area contributed by atoms with Crippen LogP contribution in [0.3, 0.4) is 0 Å². The molecule has 4 N–H and O–H groups in total. The van der Waals surface area contributed by atoms with E-state index in [-0.39, 0.29) is 11.1 Å². The zero-order valence-electron chi connectivity index (χ0n) is 22.3. The van der Waals surface area contributed by atoms with Gasteiger partial charge in [-0.2, -0.15) is 10.2 Å². The summed E-state index contributed by atoms with van der Waals surface area (Å²) in [5.41, 5.74) is 8.62. The number of hydrogen-bond acceptors (Lipinski definition) is 7. The van der Waals surface area contributed by atoms with E-state index in [2.05, 4.69) is 25.8 Å². The van der Waals surface area contributed by atoms with E-state index in [1.807, 2.05) is 57.2 Å². The predicted molar refractivity (Wildman–Crippen MR) is 146 cm³/mol. The summed E-state index contributed by atoms with van der Waals surface area (Å²) in [4.78, 5) is 27.3. The molecule has 1 aliphatic heterocycles. The van der Waals surface area contributed by atoms with E-state index in [9.17, 15) is 9.59 Å². The van der Waals surface area contributed by atoms with Crippen LogP contribution in [-0.2, 0) is 22.0 Å². The molecule has 2 aromatic carbocycles. The number of nitrogens with one attached hydrogen (secondary N) is 2. The summed E-state index contributed by atoms with van der Waals surface area (Å²) in [6, 6.07) is 12.1. The number of aromatic nitrogens is 2. The minimum absolute atomic E-state index is 0.00150. The second-order valence-electron chi connectivity index (χ2n) is 10.1. The van der Waals surface area contributed by atoms with Crippen LogP contribution >= 0.6 is 0 Å². The molecule has 0 saturated carbocycles. The van der Waals surface area contributed by atoms with Gasteiger partial charge in [0, 0.05) is 49.1 Å². The highest BCUT2D eigenvalue weighted by atomic mass is 16.5. The van der Waals surface area contributed by atoms with Crippen LogP contribution in [0.15, 0.2) is 47.6 Å². The van der Waals surface area contributed by atoms with Crippen molar-refractivity contribution in [2.75, 3.05) is 44.8 Å². The highest BCUT2D eigenvalue weighted by molar-refractivity contribution is 6.50. The molecule has 1 fully saturated rings. The van der Waals surface area contributed by atoms with Crippen molar-refractivity contribution in [3.63, 3.8) is 0 Å². The van der Waals surface area contributed by atoms with E-state index < -0.39 is 11.9 Å². The van der Waals surface area contributed by atoms with Gasteiger partial charge in [0.05, 0.1) is 18.9 Å². The fourth-order valence-electron chi connectivity index (χ4n) is 4.18. The van der Waals surface area contributed by atoms with E-state index in [1.165, 1.54) is 0 Å². The number of ether oxygens (including phenoxy) is 2. The second-order valence-corrected chi connectivity index (χ2v) is 10.1. The van der Waals surface area contributed by atoms with E-state index in [4.69, 9.17) is 15.2 Å². The Hall–Kier alpha value is -3.96. The van der Waals surface area contributed by atoms with Crippen LogP contribution in [0.25, 0.3) is 10.8 Å². The number of anilines is 1. The maximum atomic E-state index is 13.5. The molecule has 0 unspecified atom stereocenters. The molecule has 38 heavy (non-hydrogen) atoms. The van der Waals surface area contributed by atoms with Gasteiger partial charge in [-0.05, 0) is 17.5 Å². The first-order valence-corrected chi connectivity index (χ1v) is 12.6. The van der Waals surface area contributed by atoms with Gasteiger partial charge in [0.2, 0.25) is 0 Å². The van der Waals surface area contributed by atoms with Gasteiger partial charge in [0.25, 0.3) is 5.91 Å². The fourth-order valence-corrected chi connectivity index (χ4v) is 4.18. The van der Waals surface area contributed by atoms with Crippen LogP contribution in [-0.4, -0.2) is 71.8 Å². The van der Waals surface area contributed by atoms with Crippen molar-refractivity contribution in [1.29, 1.82) is 0 Å². The summed E-state index contributed by atoms with van der Waals surface area (Å²) in [6.45, 7) is 10.7. The molecule has 1 aliphatic rings. The van der Waals surface area contributed by atoms with Crippen LogP contribution in [0.4, 0.5) is 10.6 Å². The highest BCUT2D eigenvalue weighted by Crippen LogP contribution is 2.30. The zero-order valence-corrected chi connectivity index (χ0v) is 22.3. The molecule has 0 radical (unpaired) electrons. The number of morpholine rings is 1. The minimum Gasteiger partial charge on any atom is -0.492 e. The van der Waals surface area contributed by atoms with Crippen molar-refractivity contribution in [3.8, 4) is 5.75 Å². The van der Waals surface area contributed by atoms with Crippen LogP contribution < -0.4 is 21.2 Å².